The molecular formula is C11H7BrN4O3. The smallest absolute Gasteiger partial charge is 0.341 e. The summed E-state index contributed by atoms with van der Waals surface area (Å²) in [4.78, 5) is 11.4. The summed E-state index contributed by atoms with van der Waals surface area (Å²) in [6, 6.07) is 5.89. The van der Waals surface area contributed by atoms with Crippen LogP contribution in [0.2, 0.25) is 0 Å². The number of hydrazone groups is 1. The molecule has 0 aliphatic carbocycles. The van der Waals surface area contributed by atoms with Gasteiger partial charge in [0, 0.05) is 4.47 Å². The van der Waals surface area contributed by atoms with Crippen LogP contribution in [0.1, 0.15) is 10.4 Å². The van der Waals surface area contributed by atoms with Crippen molar-refractivity contribution < 1.29 is 14.6 Å². The standard InChI is InChI=1S/C11H7BrN4O3/c1-19-11(18)8-2-6(12)3-9(10(8)17)16-15-7(4-13)5-14/h2-3,16-17H,1H3. The Balaban J connectivity index is 3.20. The van der Waals surface area contributed by atoms with Gasteiger partial charge in [0.2, 0.25) is 5.71 Å². The molecule has 0 aliphatic rings. The number of phenolic OH excluding ortho intramolecular Hbond substituents is 1. The zero-order valence-corrected chi connectivity index (χ0v) is 11.2. The van der Waals surface area contributed by atoms with Crippen LogP contribution in [0.5, 0.6) is 5.75 Å². The number of methoxy groups -OCH3 is 1. The van der Waals surface area contributed by atoms with E-state index >= 15 is 0 Å². The normalized spacial score (nSPS) is 8.84. The maximum Gasteiger partial charge on any atom is 0.341 e. The monoisotopic (exact) mass is 322 g/mol. The topological polar surface area (TPSA) is 118 Å². The van der Waals surface area contributed by atoms with E-state index in [1.807, 2.05) is 0 Å². The SMILES string of the molecule is COC(=O)c1cc(Br)cc(NN=C(C#N)C#N)c1O. The summed E-state index contributed by atoms with van der Waals surface area (Å²) >= 11 is 3.15. The number of aromatic hydroxyl groups is 1. The lowest BCUT2D eigenvalue weighted by Crippen LogP contribution is -2.04. The molecule has 7 nitrogen and oxygen atoms in total. The minimum absolute atomic E-state index is 0.0535. The predicted octanol–water partition coefficient (Wildman–Crippen LogP) is 1.76. The minimum atomic E-state index is -0.730. The maximum absolute atomic E-state index is 11.4. The number of ether oxygens (including phenoxy) is 1. The average molecular weight is 323 g/mol. The van der Waals surface area contributed by atoms with E-state index < -0.39 is 17.4 Å². The molecule has 0 aromatic heterocycles. The minimum Gasteiger partial charge on any atom is -0.505 e. The van der Waals surface area contributed by atoms with Crippen LogP contribution in [0, 0.1) is 22.7 Å². The zero-order valence-electron chi connectivity index (χ0n) is 9.64. The molecule has 19 heavy (non-hydrogen) atoms. The van der Waals surface area contributed by atoms with E-state index in [0.29, 0.717) is 4.47 Å². The Morgan fingerprint density at radius 2 is 2.11 bits per heavy atom. The number of carbonyl (C=O) groups excluding carboxylic acids is 1. The van der Waals surface area contributed by atoms with Gasteiger partial charge in [-0.05, 0) is 12.1 Å². The number of phenols is 1. The van der Waals surface area contributed by atoms with Gasteiger partial charge >= 0.3 is 5.97 Å². The van der Waals surface area contributed by atoms with Crippen molar-refractivity contribution in [1.82, 2.24) is 0 Å². The molecular weight excluding hydrogens is 316 g/mol. The summed E-state index contributed by atoms with van der Waals surface area (Å²) in [6.45, 7) is 0. The summed E-state index contributed by atoms with van der Waals surface area (Å²) in [6.07, 6.45) is 0. The molecule has 0 heterocycles. The Hall–Kier alpha value is -2.58. The quantitative estimate of drug-likeness (QED) is 0.379. The van der Waals surface area contributed by atoms with Crippen LogP contribution in [0.3, 0.4) is 0 Å². The number of halogens is 1. The fourth-order valence-electron chi connectivity index (χ4n) is 1.14. The molecule has 0 atom stereocenters. The van der Waals surface area contributed by atoms with Gasteiger partial charge in [0.05, 0.1) is 12.8 Å². The van der Waals surface area contributed by atoms with Crippen LogP contribution in [0.25, 0.3) is 0 Å². The van der Waals surface area contributed by atoms with E-state index in [4.69, 9.17) is 10.5 Å². The van der Waals surface area contributed by atoms with Crippen LogP contribution in [0.15, 0.2) is 21.7 Å². The van der Waals surface area contributed by atoms with Gasteiger partial charge in [0.15, 0.2) is 5.75 Å². The van der Waals surface area contributed by atoms with Gasteiger partial charge in [-0.25, -0.2) is 4.79 Å². The fourth-order valence-corrected chi connectivity index (χ4v) is 1.60. The first-order chi connectivity index (χ1) is 9.03. The van der Waals surface area contributed by atoms with Gasteiger partial charge in [-0.15, -0.1) is 0 Å². The highest BCUT2D eigenvalue weighted by Crippen LogP contribution is 2.32. The first kappa shape index (κ1) is 14.5. The first-order valence-corrected chi connectivity index (χ1v) is 5.57. The highest BCUT2D eigenvalue weighted by Gasteiger charge is 2.16. The van der Waals surface area contributed by atoms with Gasteiger partial charge in [0.1, 0.15) is 17.7 Å². The van der Waals surface area contributed by atoms with Crippen LogP contribution < -0.4 is 5.43 Å². The van der Waals surface area contributed by atoms with E-state index in [-0.39, 0.29) is 11.3 Å². The number of nitriles is 2. The number of carbonyl (C=O) groups is 1. The van der Waals surface area contributed by atoms with E-state index in [1.54, 1.807) is 12.1 Å². The Bertz CT molecular complexity index is 612. The summed E-state index contributed by atoms with van der Waals surface area (Å²) < 4.78 is 4.99. The fraction of sp³-hybridized carbons (Fsp3) is 0.0909. The summed E-state index contributed by atoms with van der Waals surface area (Å²) in [5, 5.41) is 30.4. The van der Waals surface area contributed by atoms with E-state index in [1.165, 1.54) is 19.2 Å². The van der Waals surface area contributed by atoms with Crippen LogP contribution >= 0.6 is 15.9 Å². The number of hydrogen-bond donors (Lipinski definition) is 2. The molecule has 1 rings (SSSR count). The Morgan fingerprint density at radius 3 is 2.63 bits per heavy atom. The van der Waals surface area contributed by atoms with Gasteiger partial charge in [0.25, 0.3) is 0 Å². The molecule has 2 N–H and O–H groups in total. The van der Waals surface area contributed by atoms with E-state index in [0.717, 1.165) is 0 Å². The van der Waals surface area contributed by atoms with Gasteiger partial charge in [-0.2, -0.15) is 15.6 Å². The molecule has 1 aromatic rings. The first-order valence-electron chi connectivity index (χ1n) is 4.78. The van der Waals surface area contributed by atoms with Gasteiger partial charge in [-0.3, -0.25) is 5.43 Å². The number of nitrogens with one attached hydrogen (secondary N) is 1. The molecule has 1 aromatic carbocycles. The Kier molecular flexibility index (Phi) is 4.86. The molecule has 96 valence electrons. The molecule has 0 amide bonds. The maximum atomic E-state index is 11.4. The molecule has 0 saturated carbocycles. The zero-order chi connectivity index (χ0) is 14.4. The number of nitrogens with zero attached hydrogens (tertiary/aromatic N) is 3. The Morgan fingerprint density at radius 1 is 1.47 bits per heavy atom. The summed E-state index contributed by atoms with van der Waals surface area (Å²) in [5.41, 5.74) is 1.89. The van der Waals surface area contributed by atoms with Crippen molar-refractivity contribution in [1.29, 1.82) is 10.5 Å². The molecule has 0 aliphatic heterocycles. The molecule has 0 fully saturated rings. The van der Waals surface area contributed by atoms with Crippen molar-refractivity contribution in [2.45, 2.75) is 0 Å². The van der Waals surface area contributed by atoms with E-state index in [2.05, 4.69) is 31.2 Å². The van der Waals surface area contributed by atoms with Crippen LogP contribution in [0.4, 0.5) is 5.69 Å². The molecule has 0 saturated heterocycles. The third-order valence-electron chi connectivity index (χ3n) is 1.98. The highest BCUT2D eigenvalue weighted by atomic mass is 79.9. The van der Waals surface area contributed by atoms with Crippen LogP contribution in [-0.4, -0.2) is 23.9 Å². The van der Waals surface area contributed by atoms with Crippen molar-refractivity contribution in [2.24, 2.45) is 5.10 Å². The van der Waals surface area contributed by atoms with Crippen molar-refractivity contribution in [2.75, 3.05) is 12.5 Å². The second kappa shape index (κ2) is 6.38. The number of rotatable bonds is 3. The summed E-state index contributed by atoms with van der Waals surface area (Å²) in [7, 11) is 1.18. The third-order valence-corrected chi connectivity index (χ3v) is 2.44. The lowest BCUT2D eigenvalue weighted by atomic mass is 10.2. The van der Waals surface area contributed by atoms with Crippen LogP contribution in [-0.2, 0) is 4.74 Å². The van der Waals surface area contributed by atoms with E-state index in [9.17, 15) is 9.90 Å². The molecule has 0 bridgehead atoms. The average Bonchev–Trinajstić information content (AvgIpc) is 2.42. The number of benzene rings is 1. The predicted molar refractivity (Wildman–Crippen MR) is 69.4 cm³/mol. The highest BCUT2D eigenvalue weighted by molar-refractivity contribution is 9.10. The number of hydrogen-bond acceptors (Lipinski definition) is 7. The molecule has 0 unspecified atom stereocenters. The third kappa shape index (κ3) is 3.44. The second-order valence-corrected chi connectivity index (χ2v) is 4.05. The van der Waals surface area contributed by atoms with Crippen molar-refractivity contribution in [3.63, 3.8) is 0 Å². The number of esters is 1. The molecule has 0 radical (unpaired) electrons. The number of anilines is 1. The summed E-state index contributed by atoms with van der Waals surface area (Å²) in [5.74, 6) is -1.12. The Labute approximate surface area is 116 Å². The molecule has 8 heteroatoms. The van der Waals surface area contributed by atoms with Gasteiger partial charge < -0.3 is 9.84 Å². The van der Waals surface area contributed by atoms with Crippen molar-refractivity contribution in [3.05, 3.63) is 22.2 Å². The largest absolute Gasteiger partial charge is 0.505 e. The van der Waals surface area contributed by atoms with Gasteiger partial charge in [-0.1, -0.05) is 15.9 Å². The second-order valence-electron chi connectivity index (χ2n) is 3.14. The lowest BCUT2D eigenvalue weighted by Gasteiger charge is -2.08. The molecule has 0 spiro atoms. The van der Waals surface area contributed by atoms with Crippen molar-refractivity contribution >= 4 is 33.3 Å². The lowest BCUT2D eigenvalue weighted by molar-refractivity contribution is 0.0597. The van der Waals surface area contributed by atoms with Crippen molar-refractivity contribution in [3.8, 4) is 17.9 Å².